The van der Waals surface area contributed by atoms with Crippen molar-refractivity contribution in [1.29, 1.82) is 0 Å². The number of rotatable bonds is 2. The van der Waals surface area contributed by atoms with Crippen molar-refractivity contribution in [2.45, 2.75) is 6.92 Å². The number of aromatic nitrogens is 2. The maximum Gasteiger partial charge on any atom is 0.360 e. The van der Waals surface area contributed by atoms with E-state index in [-0.39, 0.29) is 11.4 Å². The Labute approximate surface area is 127 Å². The summed E-state index contributed by atoms with van der Waals surface area (Å²) in [7, 11) is 1.24. The van der Waals surface area contributed by atoms with Gasteiger partial charge in [0.25, 0.3) is 0 Å². The van der Waals surface area contributed by atoms with E-state index in [9.17, 15) is 9.90 Å². The van der Waals surface area contributed by atoms with E-state index < -0.39 is 5.97 Å². The van der Waals surface area contributed by atoms with Crippen LogP contribution in [-0.4, -0.2) is 28.2 Å². The van der Waals surface area contributed by atoms with E-state index in [1.807, 2.05) is 31.2 Å². The number of methoxy groups -OCH3 is 1. The third kappa shape index (κ3) is 2.26. The summed E-state index contributed by atoms with van der Waals surface area (Å²) in [5, 5.41) is 11.5. The van der Waals surface area contributed by atoms with Crippen molar-refractivity contribution in [3.05, 3.63) is 54.1 Å². The van der Waals surface area contributed by atoms with Crippen molar-refractivity contribution in [3.63, 3.8) is 0 Å². The zero-order chi connectivity index (χ0) is 15.7. The molecule has 2 aromatic heterocycles. The van der Waals surface area contributed by atoms with Crippen LogP contribution in [0.1, 0.15) is 16.1 Å². The van der Waals surface area contributed by atoms with Gasteiger partial charge in [0.1, 0.15) is 0 Å². The van der Waals surface area contributed by atoms with E-state index in [1.54, 1.807) is 12.4 Å². The summed E-state index contributed by atoms with van der Waals surface area (Å²) in [5.41, 5.74) is 2.86. The highest BCUT2D eigenvalue weighted by atomic mass is 16.5. The molecule has 1 N–H and O–H groups in total. The highest BCUT2D eigenvalue weighted by Crippen LogP contribution is 2.33. The van der Waals surface area contributed by atoms with E-state index in [0.717, 1.165) is 22.1 Å². The van der Waals surface area contributed by atoms with E-state index in [0.29, 0.717) is 5.39 Å². The Hall–Kier alpha value is -2.95. The van der Waals surface area contributed by atoms with E-state index in [4.69, 9.17) is 0 Å². The lowest BCUT2D eigenvalue weighted by atomic mass is 10.0. The normalized spacial score (nSPS) is 10.6. The second kappa shape index (κ2) is 5.44. The summed E-state index contributed by atoms with van der Waals surface area (Å²) < 4.78 is 4.61. The van der Waals surface area contributed by atoms with Crippen molar-refractivity contribution in [2.24, 2.45) is 0 Å². The SMILES string of the molecule is COC(=O)c1ncc2c(-c3ccc(C)cc3)cncc2c1O. The summed E-state index contributed by atoms with van der Waals surface area (Å²) >= 11 is 0. The minimum atomic E-state index is -0.680. The van der Waals surface area contributed by atoms with Crippen LogP contribution in [0.15, 0.2) is 42.9 Å². The highest BCUT2D eigenvalue weighted by Gasteiger charge is 2.18. The lowest BCUT2D eigenvalue weighted by molar-refractivity contribution is 0.0591. The average molecular weight is 294 g/mol. The van der Waals surface area contributed by atoms with Gasteiger partial charge in [-0.25, -0.2) is 9.78 Å². The minimum Gasteiger partial charge on any atom is -0.505 e. The molecule has 0 aliphatic heterocycles. The molecule has 22 heavy (non-hydrogen) atoms. The molecule has 2 heterocycles. The molecule has 0 aliphatic rings. The Morgan fingerprint density at radius 1 is 1.09 bits per heavy atom. The number of pyridine rings is 2. The molecule has 1 aromatic carbocycles. The summed E-state index contributed by atoms with van der Waals surface area (Å²) in [6, 6.07) is 7.97. The molecule has 0 atom stereocenters. The Kier molecular flexibility index (Phi) is 3.47. The van der Waals surface area contributed by atoms with Crippen LogP contribution in [0.3, 0.4) is 0 Å². The number of esters is 1. The van der Waals surface area contributed by atoms with Crippen molar-refractivity contribution in [3.8, 4) is 16.9 Å². The third-order valence-corrected chi connectivity index (χ3v) is 3.53. The van der Waals surface area contributed by atoms with Crippen molar-refractivity contribution < 1.29 is 14.6 Å². The molecule has 0 spiro atoms. The molecule has 0 unspecified atom stereocenters. The number of ether oxygens (including phenoxy) is 1. The van der Waals surface area contributed by atoms with E-state index in [2.05, 4.69) is 14.7 Å². The standard InChI is InChI=1S/C17H14N2O3/c1-10-3-5-11(6-4-10)12-7-18-8-14-13(12)9-19-15(16(14)20)17(21)22-2/h3-9,20H,1-2H3. The van der Waals surface area contributed by atoms with Crippen LogP contribution in [0.25, 0.3) is 21.9 Å². The van der Waals surface area contributed by atoms with Gasteiger partial charge >= 0.3 is 5.97 Å². The Morgan fingerprint density at radius 3 is 2.50 bits per heavy atom. The predicted molar refractivity (Wildman–Crippen MR) is 82.7 cm³/mol. The Morgan fingerprint density at radius 2 is 1.82 bits per heavy atom. The van der Waals surface area contributed by atoms with Crippen LogP contribution < -0.4 is 0 Å². The lowest BCUT2D eigenvalue weighted by Gasteiger charge is -2.09. The molecule has 5 nitrogen and oxygen atoms in total. The highest BCUT2D eigenvalue weighted by molar-refractivity contribution is 6.03. The van der Waals surface area contributed by atoms with Gasteiger partial charge < -0.3 is 9.84 Å². The maximum absolute atomic E-state index is 11.6. The number of hydrogen-bond acceptors (Lipinski definition) is 5. The molecule has 110 valence electrons. The first kappa shape index (κ1) is 14.0. The van der Waals surface area contributed by atoms with Crippen LogP contribution in [0.5, 0.6) is 5.75 Å². The smallest absolute Gasteiger partial charge is 0.360 e. The zero-order valence-corrected chi connectivity index (χ0v) is 12.2. The number of hydrogen-bond donors (Lipinski definition) is 1. The summed E-state index contributed by atoms with van der Waals surface area (Å²) in [5.74, 6) is -0.897. The van der Waals surface area contributed by atoms with E-state index >= 15 is 0 Å². The van der Waals surface area contributed by atoms with Crippen LogP contribution in [0, 0.1) is 6.92 Å². The number of benzene rings is 1. The quantitative estimate of drug-likeness (QED) is 0.735. The molecule has 3 rings (SSSR count). The fourth-order valence-electron chi connectivity index (χ4n) is 2.33. The molecule has 0 bridgehead atoms. The lowest BCUT2D eigenvalue weighted by Crippen LogP contribution is -2.04. The van der Waals surface area contributed by atoms with Crippen molar-refractivity contribution in [1.82, 2.24) is 9.97 Å². The molecule has 0 aliphatic carbocycles. The fraction of sp³-hybridized carbons (Fsp3) is 0.118. The van der Waals surface area contributed by atoms with Crippen LogP contribution >= 0.6 is 0 Å². The summed E-state index contributed by atoms with van der Waals surface area (Å²) in [6.45, 7) is 2.02. The second-order valence-electron chi connectivity index (χ2n) is 4.96. The Balaban J connectivity index is 2.24. The molecule has 5 heteroatoms. The van der Waals surface area contributed by atoms with Crippen LogP contribution in [-0.2, 0) is 4.74 Å². The van der Waals surface area contributed by atoms with Gasteiger partial charge in [-0.3, -0.25) is 4.98 Å². The topological polar surface area (TPSA) is 72.3 Å². The molecule has 0 radical (unpaired) electrons. The molecular formula is C17H14N2O3. The number of carbonyl (C=O) groups is 1. The first-order valence-corrected chi connectivity index (χ1v) is 6.73. The zero-order valence-electron chi connectivity index (χ0n) is 12.2. The van der Waals surface area contributed by atoms with Crippen molar-refractivity contribution in [2.75, 3.05) is 7.11 Å². The van der Waals surface area contributed by atoms with Gasteiger partial charge in [-0.2, -0.15) is 0 Å². The van der Waals surface area contributed by atoms with Gasteiger partial charge in [0.15, 0.2) is 11.4 Å². The largest absolute Gasteiger partial charge is 0.505 e. The van der Waals surface area contributed by atoms with Gasteiger partial charge in [0, 0.05) is 34.9 Å². The second-order valence-corrected chi connectivity index (χ2v) is 4.96. The number of aryl methyl sites for hydroxylation is 1. The number of nitrogens with zero attached hydrogens (tertiary/aromatic N) is 2. The molecule has 0 amide bonds. The van der Waals surface area contributed by atoms with Crippen LogP contribution in [0.4, 0.5) is 0 Å². The predicted octanol–water partition coefficient (Wildman–Crippen LogP) is 3.10. The van der Waals surface area contributed by atoms with Gasteiger partial charge in [-0.15, -0.1) is 0 Å². The molecule has 0 saturated heterocycles. The summed E-state index contributed by atoms with van der Waals surface area (Å²) in [6.07, 6.45) is 4.78. The molecule has 0 saturated carbocycles. The molecule has 3 aromatic rings. The number of fused-ring (bicyclic) bond motifs is 1. The minimum absolute atomic E-state index is 0.113. The maximum atomic E-state index is 11.6. The molecular weight excluding hydrogens is 280 g/mol. The van der Waals surface area contributed by atoms with Gasteiger partial charge in [-0.1, -0.05) is 29.8 Å². The van der Waals surface area contributed by atoms with Gasteiger partial charge in [0.05, 0.1) is 7.11 Å². The fourth-order valence-corrected chi connectivity index (χ4v) is 2.33. The first-order valence-electron chi connectivity index (χ1n) is 6.73. The van der Waals surface area contributed by atoms with Crippen molar-refractivity contribution >= 4 is 16.7 Å². The number of aromatic hydroxyl groups is 1. The molecule has 0 fully saturated rings. The van der Waals surface area contributed by atoms with Gasteiger partial charge in [0.2, 0.25) is 0 Å². The van der Waals surface area contributed by atoms with Crippen LogP contribution in [0.2, 0.25) is 0 Å². The van der Waals surface area contributed by atoms with Gasteiger partial charge in [-0.05, 0) is 12.5 Å². The summed E-state index contributed by atoms with van der Waals surface area (Å²) in [4.78, 5) is 19.8. The third-order valence-electron chi connectivity index (χ3n) is 3.53. The first-order chi connectivity index (χ1) is 10.6. The average Bonchev–Trinajstić information content (AvgIpc) is 2.55. The monoisotopic (exact) mass is 294 g/mol. The number of carbonyl (C=O) groups excluding carboxylic acids is 1. The van der Waals surface area contributed by atoms with E-state index in [1.165, 1.54) is 13.3 Å². The Bertz CT molecular complexity index is 858.